The third-order valence-corrected chi connectivity index (χ3v) is 4.61. The highest BCUT2D eigenvalue weighted by Crippen LogP contribution is 2.25. The lowest BCUT2D eigenvalue weighted by atomic mass is 10.1. The van der Waals surface area contributed by atoms with Crippen molar-refractivity contribution in [2.75, 3.05) is 23.3 Å². The number of carbonyl (C=O) groups is 1. The van der Waals surface area contributed by atoms with Crippen LogP contribution in [0.5, 0.6) is 0 Å². The molecule has 3 nitrogen and oxygen atoms in total. The highest BCUT2D eigenvalue weighted by molar-refractivity contribution is 7.08. The predicted octanol–water partition coefficient (Wildman–Crippen LogP) is 4.31. The maximum atomic E-state index is 12.0. The number of hydrogen-bond acceptors (Lipinski definition) is 3. The van der Waals surface area contributed by atoms with E-state index in [1.807, 2.05) is 35.9 Å². The maximum Gasteiger partial charge on any atom is 0.248 e. The first-order valence-corrected chi connectivity index (χ1v) is 8.53. The van der Waals surface area contributed by atoms with E-state index in [0.717, 1.165) is 29.9 Å². The number of amides is 1. The fourth-order valence-electron chi connectivity index (χ4n) is 2.68. The van der Waals surface area contributed by atoms with Crippen LogP contribution in [0.25, 0.3) is 6.08 Å². The molecule has 1 aliphatic rings. The summed E-state index contributed by atoms with van der Waals surface area (Å²) in [5.41, 5.74) is 4.28. The number of nitrogens with zero attached hydrogens (tertiary/aromatic N) is 1. The topological polar surface area (TPSA) is 32.3 Å². The Hall–Kier alpha value is -2.07. The second-order valence-electron chi connectivity index (χ2n) is 5.57. The van der Waals surface area contributed by atoms with E-state index < -0.39 is 0 Å². The summed E-state index contributed by atoms with van der Waals surface area (Å²) in [4.78, 5) is 14.4. The standard InChI is InChI=1S/C18H20N2OS/c1-14-12-16(20-9-2-3-10-20)5-6-17(14)19-18(21)7-4-15-8-11-22-13-15/h4-8,11-13H,2-3,9-10H2,1H3,(H,19,21)/b7-4+. The average Bonchev–Trinajstić information content (AvgIpc) is 3.20. The molecule has 2 heterocycles. The van der Waals surface area contributed by atoms with Crippen LogP contribution in [0, 0.1) is 6.92 Å². The van der Waals surface area contributed by atoms with Crippen LogP contribution < -0.4 is 10.2 Å². The molecule has 114 valence electrons. The molecule has 1 fully saturated rings. The van der Waals surface area contributed by atoms with Crippen LogP contribution >= 0.6 is 11.3 Å². The van der Waals surface area contributed by atoms with E-state index >= 15 is 0 Å². The monoisotopic (exact) mass is 312 g/mol. The lowest BCUT2D eigenvalue weighted by Gasteiger charge is -2.19. The number of aryl methyl sites for hydroxylation is 1. The average molecular weight is 312 g/mol. The molecule has 1 aliphatic heterocycles. The van der Waals surface area contributed by atoms with Crippen LogP contribution in [0.2, 0.25) is 0 Å². The van der Waals surface area contributed by atoms with Crippen molar-refractivity contribution in [1.29, 1.82) is 0 Å². The summed E-state index contributed by atoms with van der Waals surface area (Å²) < 4.78 is 0. The van der Waals surface area contributed by atoms with Crippen molar-refractivity contribution in [2.45, 2.75) is 19.8 Å². The number of thiophene rings is 1. The molecule has 1 aromatic carbocycles. The number of rotatable bonds is 4. The van der Waals surface area contributed by atoms with Crippen molar-refractivity contribution < 1.29 is 4.79 Å². The first-order chi connectivity index (χ1) is 10.7. The van der Waals surface area contributed by atoms with E-state index in [2.05, 4.69) is 22.3 Å². The Morgan fingerprint density at radius 2 is 2.09 bits per heavy atom. The molecule has 0 spiro atoms. The van der Waals surface area contributed by atoms with Gasteiger partial charge in [-0.25, -0.2) is 0 Å². The quantitative estimate of drug-likeness (QED) is 0.853. The van der Waals surface area contributed by atoms with Crippen LogP contribution in [0.1, 0.15) is 24.0 Å². The minimum atomic E-state index is -0.0942. The third-order valence-electron chi connectivity index (χ3n) is 3.91. The molecule has 0 aliphatic carbocycles. The molecule has 2 aromatic rings. The smallest absolute Gasteiger partial charge is 0.248 e. The van der Waals surface area contributed by atoms with E-state index in [4.69, 9.17) is 0 Å². The number of anilines is 2. The van der Waals surface area contributed by atoms with Gasteiger partial charge in [0.15, 0.2) is 0 Å². The molecule has 0 radical (unpaired) electrons. The first kappa shape index (κ1) is 14.9. The maximum absolute atomic E-state index is 12.0. The summed E-state index contributed by atoms with van der Waals surface area (Å²) in [7, 11) is 0. The second-order valence-corrected chi connectivity index (χ2v) is 6.35. The van der Waals surface area contributed by atoms with E-state index in [-0.39, 0.29) is 5.91 Å². The highest BCUT2D eigenvalue weighted by Gasteiger charge is 2.13. The van der Waals surface area contributed by atoms with Gasteiger partial charge in [0.1, 0.15) is 0 Å². The van der Waals surface area contributed by atoms with Crippen LogP contribution in [0.15, 0.2) is 41.1 Å². The summed E-state index contributed by atoms with van der Waals surface area (Å²) in [5, 5.41) is 6.96. The number of benzene rings is 1. The molecule has 0 bridgehead atoms. The summed E-state index contributed by atoms with van der Waals surface area (Å²) in [5.74, 6) is -0.0942. The van der Waals surface area contributed by atoms with Crippen LogP contribution in [0.4, 0.5) is 11.4 Å². The third kappa shape index (κ3) is 3.57. The zero-order chi connectivity index (χ0) is 15.4. The van der Waals surface area contributed by atoms with Gasteiger partial charge in [-0.3, -0.25) is 4.79 Å². The summed E-state index contributed by atoms with van der Waals surface area (Å²) in [6, 6.07) is 8.24. The Balaban J connectivity index is 1.65. The van der Waals surface area contributed by atoms with Crippen molar-refractivity contribution in [2.24, 2.45) is 0 Å². The lowest BCUT2D eigenvalue weighted by Crippen LogP contribution is -2.18. The lowest BCUT2D eigenvalue weighted by molar-refractivity contribution is -0.111. The Morgan fingerprint density at radius 3 is 2.77 bits per heavy atom. The Kier molecular flexibility index (Phi) is 4.59. The highest BCUT2D eigenvalue weighted by atomic mass is 32.1. The zero-order valence-electron chi connectivity index (χ0n) is 12.7. The van der Waals surface area contributed by atoms with Gasteiger partial charge in [0, 0.05) is 30.5 Å². The van der Waals surface area contributed by atoms with Crippen molar-refractivity contribution in [3.8, 4) is 0 Å². The molecule has 1 aromatic heterocycles. The van der Waals surface area contributed by atoms with Crippen LogP contribution in [-0.2, 0) is 4.79 Å². The zero-order valence-corrected chi connectivity index (χ0v) is 13.5. The molecular formula is C18H20N2OS. The summed E-state index contributed by atoms with van der Waals surface area (Å²) in [6.45, 7) is 4.31. The summed E-state index contributed by atoms with van der Waals surface area (Å²) >= 11 is 1.62. The fourth-order valence-corrected chi connectivity index (χ4v) is 3.30. The molecule has 0 saturated carbocycles. The van der Waals surface area contributed by atoms with Gasteiger partial charge < -0.3 is 10.2 Å². The van der Waals surface area contributed by atoms with Gasteiger partial charge in [-0.1, -0.05) is 0 Å². The molecular weight excluding hydrogens is 292 g/mol. The molecule has 0 unspecified atom stereocenters. The van der Waals surface area contributed by atoms with E-state index in [1.165, 1.54) is 18.5 Å². The van der Waals surface area contributed by atoms with Gasteiger partial charge >= 0.3 is 0 Å². The Morgan fingerprint density at radius 1 is 1.27 bits per heavy atom. The van der Waals surface area contributed by atoms with Crippen molar-refractivity contribution in [3.63, 3.8) is 0 Å². The number of hydrogen-bond donors (Lipinski definition) is 1. The number of carbonyl (C=O) groups excluding carboxylic acids is 1. The molecule has 1 amide bonds. The minimum absolute atomic E-state index is 0.0942. The predicted molar refractivity (Wildman–Crippen MR) is 94.6 cm³/mol. The fraction of sp³-hybridized carbons (Fsp3) is 0.278. The van der Waals surface area contributed by atoms with Crippen LogP contribution in [0.3, 0.4) is 0 Å². The van der Waals surface area contributed by atoms with Gasteiger partial charge in [0.05, 0.1) is 0 Å². The summed E-state index contributed by atoms with van der Waals surface area (Å²) in [6.07, 6.45) is 5.95. The molecule has 4 heteroatoms. The molecule has 3 rings (SSSR count). The Bertz CT molecular complexity index is 670. The van der Waals surface area contributed by atoms with E-state index in [9.17, 15) is 4.79 Å². The van der Waals surface area contributed by atoms with E-state index in [1.54, 1.807) is 17.4 Å². The first-order valence-electron chi connectivity index (χ1n) is 7.59. The van der Waals surface area contributed by atoms with Gasteiger partial charge in [0.25, 0.3) is 0 Å². The van der Waals surface area contributed by atoms with E-state index in [0.29, 0.717) is 0 Å². The second kappa shape index (κ2) is 6.79. The Labute approximate surface area is 135 Å². The molecule has 1 saturated heterocycles. The van der Waals surface area contributed by atoms with Gasteiger partial charge in [-0.2, -0.15) is 11.3 Å². The minimum Gasteiger partial charge on any atom is -0.372 e. The SMILES string of the molecule is Cc1cc(N2CCCC2)ccc1NC(=O)/C=C/c1ccsc1. The van der Waals surface area contributed by atoms with Crippen molar-refractivity contribution >= 4 is 34.7 Å². The van der Waals surface area contributed by atoms with Gasteiger partial charge in [0.2, 0.25) is 5.91 Å². The molecule has 1 N–H and O–H groups in total. The molecule has 0 atom stereocenters. The number of nitrogens with one attached hydrogen (secondary N) is 1. The molecule has 22 heavy (non-hydrogen) atoms. The van der Waals surface area contributed by atoms with Crippen molar-refractivity contribution in [1.82, 2.24) is 0 Å². The normalized spacial score (nSPS) is 14.7. The van der Waals surface area contributed by atoms with Crippen LogP contribution in [-0.4, -0.2) is 19.0 Å². The van der Waals surface area contributed by atoms with Gasteiger partial charge in [-0.05, 0) is 72.0 Å². The largest absolute Gasteiger partial charge is 0.372 e. The van der Waals surface area contributed by atoms with Gasteiger partial charge in [-0.15, -0.1) is 0 Å². The van der Waals surface area contributed by atoms with Crippen molar-refractivity contribution in [3.05, 3.63) is 52.2 Å².